The zero-order valence-electron chi connectivity index (χ0n) is 8.25. The maximum Gasteiger partial charge on any atom is 0.303 e. The molecule has 0 radical (unpaired) electrons. The summed E-state index contributed by atoms with van der Waals surface area (Å²) in [5.41, 5.74) is 0. The smallest absolute Gasteiger partial charge is 0.303 e. The fourth-order valence-corrected chi connectivity index (χ4v) is 1.93. The quantitative estimate of drug-likeness (QED) is 0.684. The van der Waals surface area contributed by atoms with Crippen LogP contribution in [0.15, 0.2) is 0 Å². The Morgan fingerprint density at radius 2 is 2.46 bits per heavy atom. The van der Waals surface area contributed by atoms with Crippen LogP contribution in [-0.4, -0.2) is 23.7 Å². The molecule has 1 saturated heterocycles. The zero-order valence-corrected chi connectivity index (χ0v) is 8.25. The van der Waals surface area contributed by atoms with Crippen molar-refractivity contribution >= 4 is 5.97 Å². The Labute approximate surface area is 79.5 Å². The lowest BCUT2D eigenvalue weighted by Crippen LogP contribution is -2.23. The third-order valence-electron chi connectivity index (χ3n) is 2.70. The molecule has 76 valence electrons. The first kappa shape index (κ1) is 10.5. The summed E-state index contributed by atoms with van der Waals surface area (Å²) in [5.74, 6) is -0.141. The van der Waals surface area contributed by atoms with E-state index in [-0.39, 0.29) is 0 Å². The molecule has 2 atom stereocenters. The summed E-state index contributed by atoms with van der Waals surface area (Å²) in [6, 6.07) is 0.642. The van der Waals surface area contributed by atoms with Gasteiger partial charge in [0.15, 0.2) is 0 Å². The molecule has 0 aromatic rings. The van der Waals surface area contributed by atoms with Crippen LogP contribution in [0, 0.1) is 5.92 Å². The Kier molecular flexibility index (Phi) is 4.22. The molecule has 0 saturated carbocycles. The third kappa shape index (κ3) is 4.27. The Bertz CT molecular complexity index is 164. The van der Waals surface area contributed by atoms with E-state index in [9.17, 15) is 4.79 Å². The lowest BCUT2D eigenvalue weighted by molar-refractivity contribution is -0.137. The summed E-state index contributed by atoms with van der Waals surface area (Å²) in [7, 11) is 0. The minimum atomic E-state index is -0.675. The number of nitrogens with one attached hydrogen (secondary N) is 1. The number of aliphatic carboxylic acids is 1. The lowest BCUT2D eigenvalue weighted by atomic mass is 9.96. The van der Waals surface area contributed by atoms with Crippen LogP contribution in [0.4, 0.5) is 0 Å². The molecule has 2 N–H and O–H groups in total. The van der Waals surface area contributed by atoms with Crippen molar-refractivity contribution < 1.29 is 9.90 Å². The van der Waals surface area contributed by atoms with Gasteiger partial charge in [-0.3, -0.25) is 4.79 Å². The van der Waals surface area contributed by atoms with Crippen LogP contribution >= 0.6 is 0 Å². The van der Waals surface area contributed by atoms with Crippen molar-refractivity contribution in [1.82, 2.24) is 5.32 Å². The Morgan fingerprint density at radius 1 is 1.69 bits per heavy atom. The van der Waals surface area contributed by atoms with Crippen LogP contribution in [0.1, 0.15) is 39.0 Å². The molecule has 1 aliphatic heterocycles. The largest absolute Gasteiger partial charge is 0.481 e. The lowest BCUT2D eigenvalue weighted by Gasteiger charge is -2.15. The molecule has 1 heterocycles. The maximum absolute atomic E-state index is 10.3. The number of hydrogen-bond donors (Lipinski definition) is 2. The van der Waals surface area contributed by atoms with E-state index in [4.69, 9.17) is 5.11 Å². The van der Waals surface area contributed by atoms with Crippen molar-refractivity contribution in [3.8, 4) is 0 Å². The van der Waals surface area contributed by atoms with Crippen LogP contribution in [0.3, 0.4) is 0 Å². The molecule has 0 bridgehead atoms. The second kappa shape index (κ2) is 5.22. The van der Waals surface area contributed by atoms with Gasteiger partial charge in [-0.05, 0) is 38.1 Å². The fourth-order valence-electron chi connectivity index (χ4n) is 1.93. The molecule has 0 amide bonds. The van der Waals surface area contributed by atoms with Crippen molar-refractivity contribution in [2.24, 2.45) is 5.92 Å². The average Bonchev–Trinajstić information content (AvgIpc) is 2.53. The highest BCUT2D eigenvalue weighted by Gasteiger charge is 2.17. The van der Waals surface area contributed by atoms with Crippen LogP contribution in [0.25, 0.3) is 0 Å². The molecule has 0 spiro atoms. The molecule has 3 nitrogen and oxygen atoms in total. The summed E-state index contributed by atoms with van der Waals surface area (Å²) in [6.07, 6.45) is 4.79. The van der Waals surface area contributed by atoms with Crippen molar-refractivity contribution in [1.29, 1.82) is 0 Å². The topological polar surface area (TPSA) is 49.3 Å². The van der Waals surface area contributed by atoms with Crippen LogP contribution < -0.4 is 5.32 Å². The monoisotopic (exact) mass is 185 g/mol. The van der Waals surface area contributed by atoms with Gasteiger partial charge in [-0.2, -0.15) is 0 Å². The molecular weight excluding hydrogens is 166 g/mol. The Hall–Kier alpha value is -0.570. The summed E-state index contributed by atoms with van der Waals surface area (Å²) < 4.78 is 0. The van der Waals surface area contributed by atoms with Crippen molar-refractivity contribution in [2.75, 3.05) is 6.54 Å². The summed E-state index contributed by atoms with van der Waals surface area (Å²) >= 11 is 0. The second-order valence-electron chi connectivity index (χ2n) is 4.07. The minimum Gasteiger partial charge on any atom is -0.481 e. The minimum absolute atomic E-state index is 0.313. The molecule has 1 rings (SSSR count). The van der Waals surface area contributed by atoms with Crippen LogP contribution in [0.5, 0.6) is 0 Å². The van der Waals surface area contributed by atoms with E-state index in [1.165, 1.54) is 12.8 Å². The van der Waals surface area contributed by atoms with Crippen molar-refractivity contribution in [3.63, 3.8) is 0 Å². The number of carboxylic acid groups (broad SMARTS) is 1. The normalized spacial score (nSPS) is 24.5. The van der Waals surface area contributed by atoms with Gasteiger partial charge < -0.3 is 10.4 Å². The van der Waals surface area contributed by atoms with Gasteiger partial charge in [0.25, 0.3) is 0 Å². The SMILES string of the molecule is CC(CCC(=O)O)CC1CCCN1. The molecule has 1 fully saturated rings. The Morgan fingerprint density at radius 3 is 3.00 bits per heavy atom. The van der Waals surface area contributed by atoms with E-state index < -0.39 is 5.97 Å². The van der Waals surface area contributed by atoms with E-state index in [2.05, 4.69) is 12.2 Å². The van der Waals surface area contributed by atoms with E-state index in [1.54, 1.807) is 0 Å². The highest BCUT2D eigenvalue weighted by Crippen LogP contribution is 2.18. The fraction of sp³-hybridized carbons (Fsp3) is 0.900. The highest BCUT2D eigenvalue weighted by atomic mass is 16.4. The third-order valence-corrected chi connectivity index (χ3v) is 2.70. The van der Waals surface area contributed by atoms with Gasteiger partial charge in [-0.25, -0.2) is 0 Å². The van der Waals surface area contributed by atoms with Gasteiger partial charge in [0.1, 0.15) is 0 Å². The molecule has 0 aliphatic carbocycles. The molecular formula is C10H19NO2. The molecule has 1 aliphatic rings. The first-order chi connectivity index (χ1) is 6.18. The molecule has 0 aromatic heterocycles. The van der Waals surface area contributed by atoms with Crippen molar-refractivity contribution in [2.45, 2.75) is 45.1 Å². The number of hydrogen-bond acceptors (Lipinski definition) is 2. The van der Waals surface area contributed by atoms with Crippen LogP contribution in [0.2, 0.25) is 0 Å². The second-order valence-corrected chi connectivity index (χ2v) is 4.07. The van der Waals surface area contributed by atoms with Crippen LogP contribution in [-0.2, 0) is 4.79 Å². The van der Waals surface area contributed by atoms with Gasteiger partial charge in [-0.1, -0.05) is 6.92 Å². The zero-order chi connectivity index (χ0) is 9.68. The summed E-state index contributed by atoms with van der Waals surface area (Å²) in [6.45, 7) is 3.28. The summed E-state index contributed by atoms with van der Waals surface area (Å²) in [5, 5.41) is 11.9. The number of carboxylic acids is 1. The molecule has 13 heavy (non-hydrogen) atoms. The van der Waals surface area contributed by atoms with Gasteiger partial charge in [0.2, 0.25) is 0 Å². The predicted molar refractivity (Wildman–Crippen MR) is 51.7 cm³/mol. The Balaban J connectivity index is 2.09. The van der Waals surface area contributed by atoms with Crippen molar-refractivity contribution in [3.05, 3.63) is 0 Å². The first-order valence-corrected chi connectivity index (χ1v) is 5.13. The highest BCUT2D eigenvalue weighted by molar-refractivity contribution is 5.66. The number of carbonyl (C=O) groups is 1. The predicted octanol–water partition coefficient (Wildman–Crippen LogP) is 1.63. The number of rotatable bonds is 5. The molecule has 0 aromatic carbocycles. The van der Waals surface area contributed by atoms with Gasteiger partial charge in [0, 0.05) is 12.5 Å². The van der Waals surface area contributed by atoms with Gasteiger partial charge in [0.05, 0.1) is 0 Å². The molecule has 3 heteroatoms. The first-order valence-electron chi connectivity index (χ1n) is 5.13. The van der Waals surface area contributed by atoms with E-state index in [0.29, 0.717) is 18.4 Å². The maximum atomic E-state index is 10.3. The van der Waals surface area contributed by atoms with Gasteiger partial charge in [-0.15, -0.1) is 0 Å². The van der Waals surface area contributed by atoms with E-state index >= 15 is 0 Å². The van der Waals surface area contributed by atoms with Gasteiger partial charge >= 0.3 is 5.97 Å². The summed E-state index contributed by atoms with van der Waals surface area (Å²) in [4.78, 5) is 10.3. The standard InChI is InChI=1S/C10H19NO2/c1-8(4-5-10(12)13)7-9-3-2-6-11-9/h8-9,11H,2-7H2,1H3,(H,12,13). The van der Waals surface area contributed by atoms with E-state index in [1.807, 2.05) is 0 Å². The van der Waals surface area contributed by atoms with E-state index in [0.717, 1.165) is 19.4 Å². The molecule has 2 unspecified atom stereocenters. The average molecular weight is 185 g/mol.